The summed E-state index contributed by atoms with van der Waals surface area (Å²) in [6.07, 6.45) is 2.27. The van der Waals surface area contributed by atoms with Gasteiger partial charge in [-0.2, -0.15) is 0 Å². The van der Waals surface area contributed by atoms with Crippen LogP contribution in [0, 0.1) is 11.7 Å². The lowest BCUT2D eigenvalue weighted by molar-refractivity contribution is 0.254. The predicted octanol–water partition coefficient (Wildman–Crippen LogP) is 4.02. The summed E-state index contributed by atoms with van der Waals surface area (Å²) in [6.45, 7) is 2.79. The van der Waals surface area contributed by atoms with Crippen LogP contribution in [-0.4, -0.2) is 11.9 Å². The molecule has 0 aliphatic carbocycles. The molecule has 0 saturated carbocycles. The van der Waals surface area contributed by atoms with Gasteiger partial charge in [0.25, 0.3) is 0 Å². The second-order valence-electron chi connectivity index (χ2n) is 3.58. The average Bonchev–Trinajstić information content (AvgIpc) is 2.24. The Balaban J connectivity index is 2.41. The average molecular weight is 275 g/mol. The lowest BCUT2D eigenvalue weighted by Crippen LogP contribution is -2.13. The first kappa shape index (κ1) is 12.5. The van der Waals surface area contributed by atoms with Gasteiger partial charge in [0.05, 0.1) is 6.61 Å². The highest BCUT2D eigenvalue weighted by molar-refractivity contribution is 9.09. The molecule has 1 atom stereocenters. The molecule has 3 heteroatoms. The van der Waals surface area contributed by atoms with Gasteiger partial charge in [-0.3, -0.25) is 0 Å². The van der Waals surface area contributed by atoms with Gasteiger partial charge in [0.15, 0.2) is 0 Å². The summed E-state index contributed by atoms with van der Waals surface area (Å²) in [5, 5.41) is 0.927. The smallest absolute Gasteiger partial charge is 0.126 e. The molecule has 1 rings (SSSR count). The summed E-state index contributed by atoms with van der Waals surface area (Å²) >= 11 is 3.45. The quantitative estimate of drug-likeness (QED) is 0.712. The van der Waals surface area contributed by atoms with E-state index in [1.54, 1.807) is 12.1 Å². The summed E-state index contributed by atoms with van der Waals surface area (Å²) < 4.78 is 18.4. The van der Waals surface area contributed by atoms with Gasteiger partial charge in [0.2, 0.25) is 0 Å². The van der Waals surface area contributed by atoms with E-state index in [1.807, 2.05) is 0 Å². The van der Waals surface area contributed by atoms with E-state index < -0.39 is 0 Å². The van der Waals surface area contributed by atoms with Crippen molar-refractivity contribution in [2.24, 2.45) is 5.92 Å². The summed E-state index contributed by atoms with van der Waals surface area (Å²) in [6, 6.07) is 6.27. The van der Waals surface area contributed by atoms with Crippen molar-refractivity contribution in [3.8, 4) is 5.75 Å². The Morgan fingerprint density at radius 1 is 1.47 bits per heavy atom. The minimum atomic E-state index is -0.251. The van der Waals surface area contributed by atoms with Gasteiger partial charge in [-0.25, -0.2) is 4.39 Å². The first-order chi connectivity index (χ1) is 7.26. The maximum absolute atomic E-state index is 12.8. The third-order valence-corrected chi connectivity index (χ3v) is 3.11. The first-order valence-electron chi connectivity index (χ1n) is 5.20. The number of benzene rings is 1. The molecule has 0 aliphatic rings. The SMILES string of the molecule is CCCC(CBr)COc1cccc(F)c1. The standard InChI is InChI=1S/C12H16BrFO/c1-2-4-10(8-13)9-15-12-6-3-5-11(14)7-12/h3,5-7,10H,2,4,8-9H2,1H3. The second-order valence-corrected chi connectivity index (χ2v) is 4.22. The molecule has 15 heavy (non-hydrogen) atoms. The molecule has 0 aliphatic heterocycles. The largest absolute Gasteiger partial charge is 0.493 e. The third-order valence-electron chi connectivity index (χ3n) is 2.20. The van der Waals surface area contributed by atoms with Crippen LogP contribution < -0.4 is 4.74 Å². The van der Waals surface area contributed by atoms with Crippen LogP contribution in [0.3, 0.4) is 0 Å². The molecule has 0 saturated heterocycles. The number of hydrogen-bond donors (Lipinski definition) is 0. The number of rotatable bonds is 6. The number of ether oxygens (including phenoxy) is 1. The Morgan fingerprint density at radius 3 is 2.87 bits per heavy atom. The maximum atomic E-state index is 12.8. The zero-order valence-electron chi connectivity index (χ0n) is 8.88. The van der Waals surface area contributed by atoms with E-state index in [-0.39, 0.29) is 5.82 Å². The van der Waals surface area contributed by atoms with Crippen LogP contribution in [0.2, 0.25) is 0 Å². The summed E-state index contributed by atoms with van der Waals surface area (Å²) in [5.41, 5.74) is 0. The Labute approximate surface area is 98.8 Å². The minimum absolute atomic E-state index is 0.251. The van der Waals surface area contributed by atoms with Gasteiger partial charge in [-0.1, -0.05) is 35.3 Å². The van der Waals surface area contributed by atoms with Crippen molar-refractivity contribution < 1.29 is 9.13 Å². The highest BCUT2D eigenvalue weighted by atomic mass is 79.9. The summed E-state index contributed by atoms with van der Waals surface area (Å²) in [5.74, 6) is 0.855. The Hall–Kier alpha value is -0.570. The molecule has 0 aromatic heterocycles. The van der Waals surface area contributed by atoms with E-state index in [1.165, 1.54) is 12.1 Å². The molecular weight excluding hydrogens is 259 g/mol. The van der Waals surface area contributed by atoms with Crippen LogP contribution in [0.25, 0.3) is 0 Å². The van der Waals surface area contributed by atoms with Crippen molar-refractivity contribution in [2.45, 2.75) is 19.8 Å². The Morgan fingerprint density at radius 2 is 2.27 bits per heavy atom. The van der Waals surface area contributed by atoms with Gasteiger partial charge in [0.1, 0.15) is 11.6 Å². The van der Waals surface area contributed by atoms with Crippen LogP contribution in [0.1, 0.15) is 19.8 Å². The summed E-state index contributed by atoms with van der Waals surface area (Å²) in [7, 11) is 0. The van der Waals surface area contributed by atoms with Crippen LogP contribution in [0.4, 0.5) is 4.39 Å². The molecule has 84 valence electrons. The molecule has 0 N–H and O–H groups in total. The highest BCUT2D eigenvalue weighted by Crippen LogP contribution is 2.15. The van der Waals surface area contributed by atoms with E-state index in [0.717, 1.165) is 18.2 Å². The van der Waals surface area contributed by atoms with E-state index >= 15 is 0 Å². The Kier molecular flexibility index (Phi) is 5.69. The molecular formula is C12H16BrFO. The minimum Gasteiger partial charge on any atom is -0.493 e. The van der Waals surface area contributed by atoms with Gasteiger partial charge in [-0.05, 0) is 18.6 Å². The van der Waals surface area contributed by atoms with Crippen molar-refractivity contribution in [1.29, 1.82) is 0 Å². The van der Waals surface area contributed by atoms with Gasteiger partial charge in [0, 0.05) is 17.3 Å². The fraction of sp³-hybridized carbons (Fsp3) is 0.500. The normalized spacial score (nSPS) is 12.5. The molecule has 1 nitrogen and oxygen atoms in total. The lowest BCUT2D eigenvalue weighted by Gasteiger charge is -2.14. The highest BCUT2D eigenvalue weighted by Gasteiger charge is 2.07. The van der Waals surface area contributed by atoms with Gasteiger partial charge >= 0.3 is 0 Å². The number of alkyl halides is 1. The van der Waals surface area contributed by atoms with Gasteiger partial charge < -0.3 is 4.74 Å². The molecule has 0 fully saturated rings. The molecule has 1 unspecified atom stereocenters. The van der Waals surface area contributed by atoms with E-state index in [4.69, 9.17) is 4.74 Å². The molecule has 1 aromatic carbocycles. The van der Waals surface area contributed by atoms with Crippen LogP contribution in [0.15, 0.2) is 24.3 Å². The van der Waals surface area contributed by atoms with Crippen molar-refractivity contribution in [2.75, 3.05) is 11.9 Å². The fourth-order valence-corrected chi connectivity index (χ4v) is 1.89. The predicted molar refractivity (Wildman–Crippen MR) is 64.1 cm³/mol. The molecule has 0 radical (unpaired) electrons. The van der Waals surface area contributed by atoms with E-state index in [9.17, 15) is 4.39 Å². The van der Waals surface area contributed by atoms with Crippen LogP contribution >= 0.6 is 15.9 Å². The van der Waals surface area contributed by atoms with E-state index in [0.29, 0.717) is 18.3 Å². The van der Waals surface area contributed by atoms with Crippen molar-refractivity contribution >= 4 is 15.9 Å². The van der Waals surface area contributed by atoms with Crippen molar-refractivity contribution in [3.63, 3.8) is 0 Å². The third kappa shape index (κ3) is 4.65. The molecule has 0 spiro atoms. The fourth-order valence-electron chi connectivity index (χ4n) is 1.38. The lowest BCUT2D eigenvalue weighted by atomic mass is 10.1. The summed E-state index contributed by atoms with van der Waals surface area (Å²) in [4.78, 5) is 0. The van der Waals surface area contributed by atoms with Crippen LogP contribution in [-0.2, 0) is 0 Å². The van der Waals surface area contributed by atoms with Crippen LogP contribution in [0.5, 0.6) is 5.75 Å². The monoisotopic (exact) mass is 274 g/mol. The van der Waals surface area contributed by atoms with Gasteiger partial charge in [-0.15, -0.1) is 0 Å². The number of halogens is 2. The number of hydrogen-bond acceptors (Lipinski definition) is 1. The van der Waals surface area contributed by atoms with Crippen molar-refractivity contribution in [1.82, 2.24) is 0 Å². The first-order valence-corrected chi connectivity index (χ1v) is 6.32. The molecule has 0 amide bonds. The van der Waals surface area contributed by atoms with Crippen molar-refractivity contribution in [3.05, 3.63) is 30.1 Å². The zero-order chi connectivity index (χ0) is 11.1. The topological polar surface area (TPSA) is 9.23 Å². The Bertz CT molecular complexity index is 291. The zero-order valence-corrected chi connectivity index (χ0v) is 10.5. The molecule has 1 aromatic rings. The molecule has 0 bridgehead atoms. The second kappa shape index (κ2) is 6.83. The maximum Gasteiger partial charge on any atom is 0.126 e. The van der Waals surface area contributed by atoms with E-state index in [2.05, 4.69) is 22.9 Å². The molecule has 0 heterocycles.